The molecule has 0 saturated heterocycles. The Balaban J connectivity index is 2.91. The van der Waals surface area contributed by atoms with Gasteiger partial charge in [0.2, 0.25) is 0 Å². The van der Waals surface area contributed by atoms with Gasteiger partial charge in [0.15, 0.2) is 6.29 Å². The van der Waals surface area contributed by atoms with Crippen LogP contribution in [0, 0.1) is 12.7 Å². The van der Waals surface area contributed by atoms with Crippen LogP contribution in [-0.2, 0) is 9.47 Å². The molecule has 0 aliphatic rings. The van der Waals surface area contributed by atoms with Crippen molar-refractivity contribution in [2.45, 2.75) is 33.2 Å². The average molecular weight is 242 g/mol. The van der Waals surface area contributed by atoms with Crippen LogP contribution >= 0.6 is 0 Å². The predicted octanol–water partition coefficient (Wildman–Crippen LogP) is 2.57. The van der Waals surface area contributed by atoms with Crippen molar-refractivity contribution >= 4 is 0 Å². The van der Waals surface area contributed by atoms with E-state index in [-0.39, 0.29) is 5.82 Å². The molecule has 17 heavy (non-hydrogen) atoms. The van der Waals surface area contributed by atoms with E-state index in [1.807, 2.05) is 20.8 Å². The molecule has 0 aromatic heterocycles. The molecule has 1 unspecified atom stereocenters. The van der Waals surface area contributed by atoms with Crippen LogP contribution in [0.25, 0.3) is 0 Å². The fourth-order valence-corrected chi connectivity index (χ4v) is 1.64. The van der Waals surface area contributed by atoms with Gasteiger partial charge in [0, 0.05) is 13.2 Å². The number of halogens is 1. The quantitative estimate of drug-likeness (QED) is 0.779. The summed E-state index contributed by atoms with van der Waals surface area (Å²) in [6.07, 6.45) is -1.74. The molecule has 0 aliphatic heterocycles. The largest absolute Gasteiger partial charge is 0.383 e. The molecule has 0 fully saturated rings. The first-order valence-corrected chi connectivity index (χ1v) is 5.77. The topological polar surface area (TPSA) is 38.7 Å². The fraction of sp³-hybridized carbons (Fsp3) is 0.538. The van der Waals surface area contributed by atoms with Crippen molar-refractivity contribution in [2.75, 3.05) is 13.2 Å². The Kier molecular flexibility index (Phi) is 5.55. The van der Waals surface area contributed by atoms with Gasteiger partial charge in [0.25, 0.3) is 0 Å². The molecule has 1 N–H and O–H groups in total. The highest BCUT2D eigenvalue weighted by atomic mass is 19.1. The van der Waals surface area contributed by atoms with Gasteiger partial charge in [-0.1, -0.05) is 6.07 Å². The molecule has 1 rings (SSSR count). The second-order valence-corrected chi connectivity index (χ2v) is 3.72. The number of aryl methyl sites for hydroxylation is 1. The van der Waals surface area contributed by atoms with E-state index in [4.69, 9.17) is 9.47 Å². The molecule has 3 nitrogen and oxygen atoms in total. The van der Waals surface area contributed by atoms with E-state index >= 15 is 0 Å². The summed E-state index contributed by atoms with van der Waals surface area (Å²) in [5.41, 5.74) is 1.31. The average Bonchev–Trinajstić information content (AvgIpc) is 2.31. The van der Waals surface area contributed by atoms with Gasteiger partial charge in [0.05, 0.1) is 0 Å². The predicted molar refractivity (Wildman–Crippen MR) is 63.1 cm³/mol. The first-order chi connectivity index (χ1) is 8.10. The molecule has 0 amide bonds. The van der Waals surface area contributed by atoms with E-state index in [1.54, 1.807) is 6.07 Å². The van der Waals surface area contributed by atoms with E-state index in [0.717, 1.165) is 5.56 Å². The molecule has 1 aromatic carbocycles. The maximum absolute atomic E-state index is 13.1. The van der Waals surface area contributed by atoms with Crippen molar-refractivity contribution in [3.8, 4) is 0 Å². The fourth-order valence-electron chi connectivity index (χ4n) is 1.64. The number of rotatable bonds is 6. The Morgan fingerprint density at radius 2 is 1.82 bits per heavy atom. The van der Waals surface area contributed by atoms with Crippen LogP contribution in [0.4, 0.5) is 4.39 Å². The Morgan fingerprint density at radius 3 is 2.35 bits per heavy atom. The summed E-state index contributed by atoms with van der Waals surface area (Å²) in [6.45, 7) is 6.30. The molecule has 0 radical (unpaired) electrons. The molecule has 0 heterocycles. The lowest BCUT2D eigenvalue weighted by molar-refractivity contribution is -0.191. The summed E-state index contributed by atoms with van der Waals surface area (Å²) >= 11 is 0. The van der Waals surface area contributed by atoms with Crippen molar-refractivity contribution < 1.29 is 19.0 Å². The molecule has 1 atom stereocenters. The van der Waals surface area contributed by atoms with Gasteiger partial charge in [-0.15, -0.1) is 0 Å². The lowest BCUT2D eigenvalue weighted by atomic mass is 10.0. The number of ether oxygens (including phenoxy) is 2. The van der Waals surface area contributed by atoms with E-state index in [1.165, 1.54) is 12.1 Å². The zero-order chi connectivity index (χ0) is 12.8. The highest BCUT2D eigenvalue weighted by Gasteiger charge is 2.23. The maximum atomic E-state index is 13.1. The van der Waals surface area contributed by atoms with Crippen LogP contribution in [0.1, 0.15) is 31.1 Å². The van der Waals surface area contributed by atoms with Gasteiger partial charge in [-0.3, -0.25) is 0 Å². The molecule has 0 aliphatic carbocycles. The second kappa shape index (κ2) is 6.69. The standard InChI is InChI=1S/C13H19FO3/c1-4-16-13(17-5-2)12(15)11-8-10(14)7-6-9(11)3/h6-8,12-13,15H,4-5H2,1-3H3. The highest BCUT2D eigenvalue weighted by molar-refractivity contribution is 5.28. The van der Waals surface area contributed by atoms with E-state index < -0.39 is 12.4 Å². The van der Waals surface area contributed by atoms with Crippen LogP contribution in [0.2, 0.25) is 0 Å². The van der Waals surface area contributed by atoms with E-state index in [2.05, 4.69) is 0 Å². The normalized spacial score (nSPS) is 13.1. The van der Waals surface area contributed by atoms with Gasteiger partial charge in [0.1, 0.15) is 11.9 Å². The lowest BCUT2D eigenvalue weighted by Crippen LogP contribution is -2.26. The van der Waals surface area contributed by atoms with Crippen LogP contribution < -0.4 is 0 Å². The van der Waals surface area contributed by atoms with Gasteiger partial charge in [-0.05, 0) is 44.0 Å². The molecule has 4 heteroatoms. The summed E-state index contributed by atoms with van der Waals surface area (Å²) < 4.78 is 23.7. The van der Waals surface area contributed by atoms with Gasteiger partial charge >= 0.3 is 0 Å². The maximum Gasteiger partial charge on any atom is 0.187 e. The van der Waals surface area contributed by atoms with Crippen LogP contribution in [0.3, 0.4) is 0 Å². The van der Waals surface area contributed by atoms with Crippen molar-refractivity contribution in [1.29, 1.82) is 0 Å². The molecule has 96 valence electrons. The number of benzene rings is 1. The van der Waals surface area contributed by atoms with Gasteiger partial charge in [-0.2, -0.15) is 0 Å². The third-order valence-electron chi connectivity index (χ3n) is 2.48. The third-order valence-corrected chi connectivity index (χ3v) is 2.48. The van der Waals surface area contributed by atoms with E-state index in [9.17, 15) is 9.50 Å². The highest BCUT2D eigenvalue weighted by Crippen LogP contribution is 2.24. The van der Waals surface area contributed by atoms with Gasteiger partial charge < -0.3 is 14.6 Å². The van der Waals surface area contributed by atoms with Crippen LogP contribution in [0.15, 0.2) is 18.2 Å². The number of aliphatic hydroxyl groups excluding tert-OH is 1. The number of aliphatic hydroxyl groups is 1. The first kappa shape index (κ1) is 14.1. The van der Waals surface area contributed by atoms with Crippen molar-refractivity contribution in [3.05, 3.63) is 35.1 Å². The first-order valence-electron chi connectivity index (χ1n) is 5.77. The third kappa shape index (κ3) is 3.77. The Morgan fingerprint density at radius 1 is 1.24 bits per heavy atom. The minimum absolute atomic E-state index is 0.378. The minimum atomic E-state index is -0.981. The van der Waals surface area contributed by atoms with Crippen molar-refractivity contribution in [3.63, 3.8) is 0 Å². The monoisotopic (exact) mass is 242 g/mol. The van der Waals surface area contributed by atoms with Gasteiger partial charge in [-0.25, -0.2) is 4.39 Å². The Labute approximate surface area is 101 Å². The van der Waals surface area contributed by atoms with Crippen molar-refractivity contribution in [1.82, 2.24) is 0 Å². The summed E-state index contributed by atoms with van der Waals surface area (Å²) in [5, 5.41) is 10.1. The van der Waals surface area contributed by atoms with Crippen molar-refractivity contribution in [2.24, 2.45) is 0 Å². The Hall–Kier alpha value is -0.970. The van der Waals surface area contributed by atoms with E-state index in [0.29, 0.717) is 18.8 Å². The lowest BCUT2D eigenvalue weighted by Gasteiger charge is -2.24. The summed E-state index contributed by atoms with van der Waals surface area (Å²) in [7, 11) is 0. The molecular weight excluding hydrogens is 223 g/mol. The zero-order valence-electron chi connectivity index (χ0n) is 10.4. The number of hydrogen-bond acceptors (Lipinski definition) is 3. The molecular formula is C13H19FO3. The summed E-state index contributed by atoms with van der Waals surface area (Å²) in [4.78, 5) is 0. The van der Waals surface area contributed by atoms with Crippen LogP contribution in [-0.4, -0.2) is 24.6 Å². The summed E-state index contributed by atoms with van der Waals surface area (Å²) in [5.74, 6) is -0.378. The number of hydrogen-bond donors (Lipinski definition) is 1. The summed E-state index contributed by atoms with van der Waals surface area (Å²) in [6, 6.07) is 4.30. The second-order valence-electron chi connectivity index (χ2n) is 3.72. The molecule has 0 saturated carbocycles. The molecule has 1 aromatic rings. The SMILES string of the molecule is CCOC(OCC)C(O)c1cc(F)ccc1C. The Bertz CT molecular complexity index is 349. The smallest absolute Gasteiger partial charge is 0.187 e. The molecule has 0 bridgehead atoms. The molecule has 0 spiro atoms. The minimum Gasteiger partial charge on any atom is -0.383 e. The zero-order valence-corrected chi connectivity index (χ0v) is 10.4. The van der Waals surface area contributed by atoms with Crippen LogP contribution in [0.5, 0.6) is 0 Å².